The van der Waals surface area contributed by atoms with E-state index in [0.29, 0.717) is 19.6 Å². The Hall–Kier alpha value is -2.24. The molecule has 0 spiro atoms. The summed E-state index contributed by atoms with van der Waals surface area (Å²) in [6.45, 7) is 5.31. The SMILES string of the molecule is CCCC[C@H]1CC[C@H](OC(=O)N2CC(C(=O)NCc3ccc(O)c(C)c3)C2)CC1. The number of hydrogen-bond donors (Lipinski definition) is 2. The fourth-order valence-electron chi connectivity index (χ4n) is 4.20. The number of aromatic hydroxyl groups is 1. The molecule has 0 aromatic heterocycles. The van der Waals surface area contributed by atoms with Gasteiger partial charge in [0.1, 0.15) is 11.9 Å². The molecule has 1 aromatic carbocycles. The van der Waals surface area contributed by atoms with Crippen molar-refractivity contribution in [2.45, 2.75) is 71.4 Å². The van der Waals surface area contributed by atoms with Gasteiger partial charge in [-0.1, -0.05) is 38.3 Å². The molecule has 6 nitrogen and oxygen atoms in total. The minimum absolute atomic E-state index is 0.0333. The molecular weight excluding hydrogens is 368 g/mol. The Labute approximate surface area is 173 Å². The lowest BCUT2D eigenvalue weighted by molar-refractivity contribution is -0.129. The smallest absolute Gasteiger partial charge is 0.410 e. The van der Waals surface area contributed by atoms with Crippen molar-refractivity contribution in [2.24, 2.45) is 11.8 Å². The summed E-state index contributed by atoms with van der Waals surface area (Å²) in [5.41, 5.74) is 1.73. The quantitative estimate of drug-likeness (QED) is 0.719. The Bertz CT molecular complexity index is 707. The number of rotatable bonds is 7. The monoisotopic (exact) mass is 402 g/mol. The van der Waals surface area contributed by atoms with Gasteiger partial charge in [0, 0.05) is 19.6 Å². The van der Waals surface area contributed by atoms with E-state index in [1.807, 2.05) is 13.0 Å². The van der Waals surface area contributed by atoms with Gasteiger partial charge < -0.3 is 20.1 Å². The van der Waals surface area contributed by atoms with Crippen LogP contribution in [0.4, 0.5) is 4.79 Å². The fraction of sp³-hybridized carbons (Fsp3) is 0.652. The lowest BCUT2D eigenvalue weighted by Gasteiger charge is -2.38. The third-order valence-electron chi connectivity index (χ3n) is 6.27. The highest BCUT2D eigenvalue weighted by Crippen LogP contribution is 2.30. The summed E-state index contributed by atoms with van der Waals surface area (Å²) in [6, 6.07) is 5.29. The zero-order valence-electron chi connectivity index (χ0n) is 17.7. The van der Waals surface area contributed by atoms with Crippen LogP contribution in [0.15, 0.2) is 18.2 Å². The van der Waals surface area contributed by atoms with Crippen molar-refractivity contribution in [3.05, 3.63) is 29.3 Å². The van der Waals surface area contributed by atoms with Crippen molar-refractivity contribution in [1.29, 1.82) is 0 Å². The molecule has 1 aliphatic heterocycles. The molecule has 2 N–H and O–H groups in total. The average molecular weight is 403 g/mol. The number of ether oxygens (including phenoxy) is 1. The maximum atomic E-state index is 12.3. The Balaban J connectivity index is 1.33. The van der Waals surface area contributed by atoms with Gasteiger partial charge in [-0.05, 0) is 55.7 Å². The zero-order chi connectivity index (χ0) is 20.8. The van der Waals surface area contributed by atoms with Crippen molar-refractivity contribution in [3.63, 3.8) is 0 Å². The largest absolute Gasteiger partial charge is 0.508 e. The first-order valence-corrected chi connectivity index (χ1v) is 11.0. The number of nitrogens with zero attached hydrogens (tertiary/aromatic N) is 1. The Kier molecular flexibility index (Phi) is 7.40. The number of phenols is 1. The van der Waals surface area contributed by atoms with E-state index in [9.17, 15) is 14.7 Å². The third-order valence-corrected chi connectivity index (χ3v) is 6.27. The van der Waals surface area contributed by atoms with Gasteiger partial charge in [0.2, 0.25) is 5.91 Å². The molecule has 1 saturated carbocycles. The summed E-state index contributed by atoms with van der Waals surface area (Å²) < 4.78 is 5.66. The van der Waals surface area contributed by atoms with Crippen LogP contribution in [0.1, 0.15) is 63.0 Å². The van der Waals surface area contributed by atoms with Crippen molar-refractivity contribution in [3.8, 4) is 5.75 Å². The van der Waals surface area contributed by atoms with E-state index in [0.717, 1.165) is 42.7 Å². The van der Waals surface area contributed by atoms with E-state index in [1.54, 1.807) is 17.0 Å². The summed E-state index contributed by atoms with van der Waals surface area (Å²) in [5, 5.41) is 12.5. The molecule has 2 aliphatic rings. The molecular formula is C23H34N2O4. The first kappa shape index (κ1) is 21.5. The van der Waals surface area contributed by atoms with Gasteiger partial charge in [-0.15, -0.1) is 0 Å². The van der Waals surface area contributed by atoms with E-state index >= 15 is 0 Å². The first-order valence-electron chi connectivity index (χ1n) is 11.0. The molecule has 6 heteroatoms. The number of likely N-dealkylation sites (tertiary alicyclic amines) is 1. The van der Waals surface area contributed by atoms with Crippen LogP contribution in [-0.4, -0.2) is 41.2 Å². The molecule has 160 valence electrons. The number of nitrogens with one attached hydrogen (secondary N) is 1. The van der Waals surface area contributed by atoms with E-state index in [-0.39, 0.29) is 29.8 Å². The number of hydrogen-bond acceptors (Lipinski definition) is 4. The van der Waals surface area contributed by atoms with Crippen LogP contribution in [0.2, 0.25) is 0 Å². The maximum absolute atomic E-state index is 12.3. The highest BCUT2D eigenvalue weighted by molar-refractivity contribution is 5.82. The van der Waals surface area contributed by atoms with E-state index in [4.69, 9.17) is 4.74 Å². The second kappa shape index (κ2) is 9.99. The third kappa shape index (κ3) is 5.87. The molecule has 29 heavy (non-hydrogen) atoms. The summed E-state index contributed by atoms with van der Waals surface area (Å²) in [7, 11) is 0. The number of aryl methyl sites for hydroxylation is 1. The number of carbonyl (C=O) groups is 2. The molecule has 0 atom stereocenters. The van der Waals surface area contributed by atoms with E-state index in [2.05, 4.69) is 12.2 Å². The number of unbranched alkanes of at least 4 members (excludes halogenated alkanes) is 1. The molecule has 1 saturated heterocycles. The number of amides is 2. The summed E-state index contributed by atoms with van der Waals surface area (Å²) in [4.78, 5) is 26.2. The van der Waals surface area contributed by atoms with Crippen LogP contribution in [0.5, 0.6) is 5.75 Å². The van der Waals surface area contributed by atoms with Crippen LogP contribution in [0, 0.1) is 18.8 Å². The van der Waals surface area contributed by atoms with Gasteiger partial charge in [0.25, 0.3) is 0 Å². The van der Waals surface area contributed by atoms with Gasteiger partial charge in [0.15, 0.2) is 0 Å². The average Bonchev–Trinajstić information content (AvgIpc) is 2.67. The fourth-order valence-corrected chi connectivity index (χ4v) is 4.20. The topological polar surface area (TPSA) is 78.9 Å². The Morgan fingerprint density at radius 2 is 1.93 bits per heavy atom. The van der Waals surface area contributed by atoms with Crippen molar-refractivity contribution >= 4 is 12.0 Å². The van der Waals surface area contributed by atoms with Crippen LogP contribution >= 0.6 is 0 Å². The van der Waals surface area contributed by atoms with Crippen LogP contribution in [0.3, 0.4) is 0 Å². The number of benzene rings is 1. The molecule has 2 fully saturated rings. The lowest BCUT2D eigenvalue weighted by Crippen LogP contribution is -2.56. The molecule has 3 rings (SSSR count). The van der Waals surface area contributed by atoms with E-state index in [1.165, 1.54) is 19.3 Å². The molecule has 0 radical (unpaired) electrons. The first-order chi connectivity index (χ1) is 14.0. The Morgan fingerprint density at radius 1 is 1.21 bits per heavy atom. The van der Waals surface area contributed by atoms with Crippen molar-refractivity contribution in [2.75, 3.05) is 13.1 Å². The highest BCUT2D eigenvalue weighted by atomic mass is 16.6. The van der Waals surface area contributed by atoms with Gasteiger partial charge in [-0.2, -0.15) is 0 Å². The molecule has 0 bridgehead atoms. The summed E-state index contributed by atoms with van der Waals surface area (Å²) in [5.74, 6) is 0.823. The highest BCUT2D eigenvalue weighted by Gasteiger charge is 2.37. The normalized spacial score (nSPS) is 22.1. The maximum Gasteiger partial charge on any atom is 0.410 e. The minimum atomic E-state index is -0.278. The molecule has 0 unspecified atom stereocenters. The van der Waals surface area contributed by atoms with Gasteiger partial charge >= 0.3 is 6.09 Å². The molecule has 1 aliphatic carbocycles. The molecule has 1 aromatic rings. The number of carbonyl (C=O) groups excluding carboxylic acids is 2. The van der Waals surface area contributed by atoms with Gasteiger partial charge in [0.05, 0.1) is 5.92 Å². The van der Waals surface area contributed by atoms with E-state index < -0.39 is 0 Å². The van der Waals surface area contributed by atoms with Crippen LogP contribution in [0.25, 0.3) is 0 Å². The van der Waals surface area contributed by atoms with Crippen molar-refractivity contribution in [1.82, 2.24) is 10.2 Å². The molecule has 2 amide bonds. The van der Waals surface area contributed by atoms with Crippen LogP contribution in [-0.2, 0) is 16.1 Å². The van der Waals surface area contributed by atoms with Gasteiger partial charge in [-0.3, -0.25) is 4.79 Å². The zero-order valence-corrected chi connectivity index (χ0v) is 17.7. The molecule has 1 heterocycles. The summed E-state index contributed by atoms with van der Waals surface area (Å²) in [6.07, 6.45) is 7.81. The van der Waals surface area contributed by atoms with Gasteiger partial charge in [-0.25, -0.2) is 4.79 Å². The van der Waals surface area contributed by atoms with Crippen molar-refractivity contribution < 1.29 is 19.4 Å². The minimum Gasteiger partial charge on any atom is -0.508 e. The second-order valence-corrected chi connectivity index (χ2v) is 8.61. The Morgan fingerprint density at radius 3 is 2.59 bits per heavy atom. The predicted octanol–water partition coefficient (Wildman–Crippen LogP) is 4.13. The number of phenolic OH excluding ortho intramolecular Hbond substituents is 1. The lowest BCUT2D eigenvalue weighted by atomic mass is 9.84. The van der Waals surface area contributed by atoms with Crippen LogP contribution < -0.4 is 5.32 Å². The summed E-state index contributed by atoms with van der Waals surface area (Å²) >= 11 is 0. The second-order valence-electron chi connectivity index (χ2n) is 8.61. The standard InChI is InChI=1S/C23H34N2O4/c1-3-4-5-17-6-9-20(10-7-17)29-23(28)25-14-19(15-25)22(27)24-13-18-8-11-21(26)16(2)12-18/h8,11-12,17,19-20,26H,3-7,9-10,13-15H2,1-2H3,(H,24,27)/t17-,20-. The predicted molar refractivity (Wildman–Crippen MR) is 112 cm³/mol.